The third kappa shape index (κ3) is 12.1. The quantitative estimate of drug-likeness (QED) is 0.0508. The van der Waals surface area contributed by atoms with E-state index < -0.39 is 20.4 Å². The van der Waals surface area contributed by atoms with Gasteiger partial charge < -0.3 is 38.0 Å². The number of methoxy groups -OCH3 is 1. The summed E-state index contributed by atoms with van der Waals surface area (Å²) in [5.41, 5.74) is 2.59. The number of thiophene rings is 1. The summed E-state index contributed by atoms with van der Waals surface area (Å²) >= 11 is 5.01. The standard InChI is InChI=1S/C45H50BrFN4O9SSi/c1-45(2,3)62(5,6)60-33-15-16-35(58-27-32-17-18-48-41(51-32)34-9-7-8-10-36(34)57-24-23-56-22-21-55-20-19-54-4)30(25-33)26-37(44(52)53)59-42-38-39(46)40(61-43(38)50-28-49-42)29-11-13-31(47)14-12-29/h7-18,25,28,37H,19-24,26-27H2,1-6H3,(H,52,53). The summed E-state index contributed by atoms with van der Waals surface area (Å²) in [7, 11) is -0.655. The van der Waals surface area contributed by atoms with Gasteiger partial charge in [0.1, 0.15) is 47.4 Å². The van der Waals surface area contributed by atoms with Crippen molar-refractivity contribution in [2.45, 2.75) is 58.0 Å². The first-order chi connectivity index (χ1) is 29.7. The van der Waals surface area contributed by atoms with E-state index in [0.29, 0.717) is 94.2 Å². The molecule has 6 aromatic rings. The zero-order valence-electron chi connectivity index (χ0n) is 35.5. The largest absolute Gasteiger partial charge is 0.543 e. The Morgan fingerprint density at radius 1 is 0.887 bits per heavy atom. The van der Waals surface area contributed by atoms with Crippen LogP contribution < -0.4 is 18.6 Å². The number of aliphatic carboxylic acids is 1. The van der Waals surface area contributed by atoms with Crippen LogP contribution in [0.15, 0.2) is 89.8 Å². The first kappa shape index (κ1) is 46.5. The minimum atomic E-state index is -2.28. The van der Waals surface area contributed by atoms with E-state index in [1.54, 1.807) is 37.6 Å². The Labute approximate surface area is 373 Å². The van der Waals surface area contributed by atoms with Crippen molar-refractivity contribution in [2.24, 2.45) is 0 Å². The highest BCUT2D eigenvalue weighted by Gasteiger charge is 2.39. The zero-order valence-corrected chi connectivity index (χ0v) is 38.9. The van der Waals surface area contributed by atoms with Crippen LogP contribution in [0.5, 0.6) is 23.1 Å². The van der Waals surface area contributed by atoms with E-state index in [2.05, 4.69) is 64.7 Å². The number of rotatable bonds is 22. The lowest BCUT2D eigenvalue weighted by atomic mass is 10.1. The predicted molar refractivity (Wildman–Crippen MR) is 241 cm³/mol. The second-order valence-corrected chi connectivity index (χ2v) is 22.1. The lowest BCUT2D eigenvalue weighted by molar-refractivity contribution is -0.145. The number of halogens is 2. The molecule has 0 amide bonds. The molecule has 0 saturated heterocycles. The SMILES string of the molecule is COCCOCCOCCOc1ccccc1-c1nccc(COc2ccc(O[Si](C)(C)C(C)(C)C)cc2CC(Oc2ncnc3sc(-c4ccc(F)cc4)c(Br)c23)C(=O)O)n1. The smallest absolute Gasteiger partial charge is 0.345 e. The van der Waals surface area contributed by atoms with Crippen LogP contribution in [0.3, 0.4) is 0 Å². The van der Waals surface area contributed by atoms with Crippen molar-refractivity contribution in [3.63, 3.8) is 0 Å². The molecule has 328 valence electrons. The average Bonchev–Trinajstić information content (AvgIpc) is 3.59. The lowest BCUT2D eigenvalue weighted by Gasteiger charge is -2.36. The van der Waals surface area contributed by atoms with E-state index in [-0.39, 0.29) is 29.8 Å². The van der Waals surface area contributed by atoms with Crippen molar-refractivity contribution < 1.29 is 47.1 Å². The molecule has 1 atom stereocenters. The molecule has 0 aliphatic carbocycles. The number of hydrogen-bond donors (Lipinski definition) is 1. The molecule has 6 rings (SSSR count). The van der Waals surface area contributed by atoms with Gasteiger partial charge in [-0.15, -0.1) is 11.3 Å². The molecule has 3 heterocycles. The van der Waals surface area contributed by atoms with Gasteiger partial charge in [-0.2, -0.15) is 0 Å². The third-order valence-corrected chi connectivity index (χ3v) is 16.7. The topological polar surface area (TPSA) is 153 Å². The number of hydrogen-bond acceptors (Lipinski definition) is 13. The van der Waals surface area contributed by atoms with Crippen LogP contribution >= 0.6 is 27.3 Å². The van der Waals surface area contributed by atoms with Crippen LogP contribution in [0, 0.1) is 5.82 Å². The minimum absolute atomic E-state index is 0.0490. The predicted octanol–water partition coefficient (Wildman–Crippen LogP) is 9.81. The van der Waals surface area contributed by atoms with Crippen LogP contribution in [0.4, 0.5) is 4.39 Å². The van der Waals surface area contributed by atoms with Crippen LogP contribution in [0.25, 0.3) is 32.0 Å². The Hall–Kier alpha value is -5.04. The Balaban J connectivity index is 1.22. The van der Waals surface area contributed by atoms with Crippen LogP contribution in [0.1, 0.15) is 32.0 Å². The highest BCUT2D eigenvalue weighted by atomic mass is 79.9. The van der Waals surface area contributed by atoms with E-state index in [9.17, 15) is 14.3 Å². The van der Waals surface area contributed by atoms with Crippen molar-refractivity contribution in [1.82, 2.24) is 19.9 Å². The number of carboxylic acid groups (broad SMARTS) is 1. The molecule has 62 heavy (non-hydrogen) atoms. The monoisotopic (exact) mass is 948 g/mol. The van der Waals surface area contributed by atoms with Crippen LogP contribution in [0.2, 0.25) is 18.1 Å². The van der Waals surface area contributed by atoms with E-state index in [4.69, 9.17) is 37.8 Å². The number of fused-ring (bicyclic) bond motifs is 1. The maximum Gasteiger partial charge on any atom is 0.345 e. The summed E-state index contributed by atoms with van der Waals surface area (Å²) in [6.45, 7) is 13.4. The highest BCUT2D eigenvalue weighted by molar-refractivity contribution is 9.10. The first-order valence-electron chi connectivity index (χ1n) is 20.0. The highest BCUT2D eigenvalue weighted by Crippen LogP contribution is 2.45. The van der Waals surface area contributed by atoms with Gasteiger partial charge >= 0.3 is 5.97 Å². The molecule has 3 aromatic heterocycles. The van der Waals surface area contributed by atoms with Crippen molar-refractivity contribution >= 4 is 51.8 Å². The molecular weight excluding hydrogens is 900 g/mol. The number of aromatic nitrogens is 4. The van der Waals surface area contributed by atoms with Gasteiger partial charge in [0.05, 0.1) is 59.0 Å². The van der Waals surface area contributed by atoms with Crippen molar-refractivity contribution in [3.8, 4) is 45.0 Å². The molecule has 0 saturated carbocycles. The molecule has 0 aliphatic rings. The molecule has 0 fully saturated rings. The Bertz CT molecular complexity index is 2430. The fraction of sp³-hybridized carbons (Fsp3) is 0.356. The summed E-state index contributed by atoms with van der Waals surface area (Å²) in [5, 5.41) is 11.0. The van der Waals surface area contributed by atoms with Gasteiger partial charge in [-0.3, -0.25) is 0 Å². The summed E-state index contributed by atoms with van der Waals surface area (Å²) in [6, 6.07) is 20.8. The van der Waals surface area contributed by atoms with E-state index in [1.165, 1.54) is 29.8 Å². The zero-order chi connectivity index (χ0) is 44.3. The molecule has 0 radical (unpaired) electrons. The fourth-order valence-corrected chi connectivity index (χ4v) is 8.85. The van der Waals surface area contributed by atoms with Crippen molar-refractivity contribution in [2.75, 3.05) is 46.8 Å². The van der Waals surface area contributed by atoms with Crippen LogP contribution in [-0.4, -0.2) is 92.2 Å². The summed E-state index contributed by atoms with van der Waals surface area (Å²) in [4.78, 5) is 32.4. The molecule has 1 N–H and O–H groups in total. The molecule has 3 aromatic carbocycles. The molecule has 13 nitrogen and oxygen atoms in total. The fourth-order valence-electron chi connectivity index (χ4n) is 5.84. The van der Waals surface area contributed by atoms with Gasteiger partial charge in [0.15, 0.2) is 5.82 Å². The Kier molecular flexibility index (Phi) is 16.0. The average molecular weight is 950 g/mol. The van der Waals surface area contributed by atoms with Crippen molar-refractivity contribution in [1.29, 1.82) is 0 Å². The maximum atomic E-state index is 13.7. The Morgan fingerprint density at radius 2 is 1.61 bits per heavy atom. The number of benzene rings is 3. The van der Waals surface area contributed by atoms with Gasteiger partial charge in [-0.25, -0.2) is 29.1 Å². The van der Waals surface area contributed by atoms with E-state index in [0.717, 1.165) is 10.4 Å². The van der Waals surface area contributed by atoms with Gasteiger partial charge in [0, 0.05) is 25.3 Å². The summed E-state index contributed by atoms with van der Waals surface area (Å²) in [5.74, 6) is 0.603. The second-order valence-electron chi connectivity index (χ2n) is 15.6. The first-order valence-corrected chi connectivity index (χ1v) is 24.5. The van der Waals surface area contributed by atoms with Gasteiger partial charge in [0.25, 0.3) is 0 Å². The number of ether oxygens (including phenoxy) is 6. The van der Waals surface area contributed by atoms with E-state index >= 15 is 0 Å². The molecule has 17 heteroatoms. The molecule has 0 bridgehead atoms. The minimum Gasteiger partial charge on any atom is -0.543 e. The number of para-hydroxylation sites is 1. The van der Waals surface area contributed by atoms with Crippen molar-refractivity contribution in [3.05, 3.63) is 107 Å². The van der Waals surface area contributed by atoms with Gasteiger partial charge in [-0.1, -0.05) is 45.0 Å². The van der Waals surface area contributed by atoms with Crippen LogP contribution in [-0.2, 0) is 32.0 Å². The van der Waals surface area contributed by atoms with Gasteiger partial charge in [-0.05, 0) is 88.2 Å². The summed E-state index contributed by atoms with van der Waals surface area (Å²) in [6.07, 6.45) is 1.50. The molecule has 0 aliphatic heterocycles. The summed E-state index contributed by atoms with van der Waals surface area (Å²) < 4.78 is 55.7. The Morgan fingerprint density at radius 3 is 2.34 bits per heavy atom. The number of carbonyl (C=O) groups is 1. The number of carboxylic acids is 1. The molecule has 0 spiro atoms. The van der Waals surface area contributed by atoms with E-state index in [1.807, 2.05) is 36.4 Å². The second kappa shape index (κ2) is 21.4. The van der Waals surface area contributed by atoms with Gasteiger partial charge in [0.2, 0.25) is 20.3 Å². The molecule has 1 unspecified atom stereocenters. The lowest BCUT2D eigenvalue weighted by Crippen LogP contribution is -2.43. The normalized spacial score (nSPS) is 12.3. The number of nitrogens with zero attached hydrogens (tertiary/aromatic N) is 4. The molecular formula is C45H50BrFN4O9SSi. The third-order valence-electron chi connectivity index (χ3n) is 10.2. The maximum absolute atomic E-state index is 13.7.